The van der Waals surface area contributed by atoms with E-state index < -0.39 is 0 Å². The van der Waals surface area contributed by atoms with Crippen molar-refractivity contribution in [1.29, 1.82) is 0 Å². The Labute approximate surface area is 141 Å². The summed E-state index contributed by atoms with van der Waals surface area (Å²) in [5, 5.41) is 0. The van der Waals surface area contributed by atoms with E-state index in [-0.39, 0.29) is 11.3 Å². The van der Waals surface area contributed by atoms with Gasteiger partial charge in [0.25, 0.3) is 0 Å². The highest BCUT2D eigenvalue weighted by Gasteiger charge is 2.48. The van der Waals surface area contributed by atoms with Gasteiger partial charge in [-0.25, -0.2) is 4.98 Å². The van der Waals surface area contributed by atoms with Gasteiger partial charge in [0.05, 0.1) is 13.3 Å². The van der Waals surface area contributed by atoms with Gasteiger partial charge in [-0.05, 0) is 30.7 Å². The number of ether oxygens (including phenoxy) is 1. The molecule has 2 aliphatic rings. The first-order valence-electron chi connectivity index (χ1n) is 8.15. The van der Waals surface area contributed by atoms with Crippen molar-refractivity contribution < 1.29 is 9.53 Å². The van der Waals surface area contributed by atoms with Gasteiger partial charge >= 0.3 is 0 Å². The van der Waals surface area contributed by atoms with E-state index in [1.807, 2.05) is 29.2 Å². The third kappa shape index (κ3) is 2.58. The monoisotopic (exact) mass is 324 g/mol. The zero-order chi connectivity index (χ0) is 16.6. The molecule has 1 amide bonds. The minimum absolute atomic E-state index is 0.00846. The normalized spacial score (nSPS) is 23.3. The summed E-state index contributed by atoms with van der Waals surface area (Å²) in [6, 6.07) is 7.69. The molecule has 2 fully saturated rings. The molecular weight excluding hydrogens is 304 g/mol. The Morgan fingerprint density at radius 2 is 2.00 bits per heavy atom. The molecule has 3 heterocycles. The van der Waals surface area contributed by atoms with Gasteiger partial charge in [-0.15, -0.1) is 0 Å². The SMILES string of the molecule is COc1ccc(N2C[C@]3(CCN(c4cnccn4)C3)CC2=O)cc1. The Kier molecular flexibility index (Phi) is 3.59. The van der Waals surface area contributed by atoms with Crippen LogP contribution in [0, 0.1) is 5.41 Å². The van der Waals surface area contributed by atoms with Crippen molar-refractivity contribution >= 4 is 17.4 Å². The number of amides is 1. The van der Waals surface area contributed by atoms with Crippen LogP contribution in [0.4, 0.5) is 11.5 Å². The van der Waals surface area contributed by atoms with Gasteiger partial charge in [-0.1, -0.05) is 0 Å². The molecule has 2 saturated heterocycles. The highest BCUT2D eigenvalue weighted by atomic mass is 16.5. The van der Waals surface area contributed by atoms with E-state index in [1.165, 1.54) is 0 Å². The second-order valence-electron chi connectivity index (χ2n) is 6.59. The molecule has 24 heavy (non-hydrogen) atoms. The summed E-state index contributed by atoms with van der Waals surface area (Å²) in [6.07, 6.45) is 6.78. The quantitative estimate of drug-likeness (QED) is 0.865. The van der Waals surface area contributed by atoms with Crippen molar-refractivity contribution in [1.82, 2.24) is 9.97 Å². The van der Waals surface area contributed by atoms with Crippen molar-refractivity contribution in [3.05, 3.63) is 42.9 Å². The standard InChI is InChI=1S/C18H20N4O2/c1-24-15-4-2-14(3-5-15)22-13-18(10-17(22)23)6-9-21(12-18)16-11-19-7-8-20-16/h2-5,7-8,11H,6,9-10,12-13H2,1H3/t18-/m1/s1. The van der Waals surface area contributed by atoms with Crippen LogP contribution in [-0.2, 0) is 4.79 Å². The Morgan fingerprint density at radius 3 is 2.71 bits per heavy atom. The van der Waals surface area contributed by atoms with Crippen LogP contribution < -0.4 is 14.5 Å². The molecule has 1 aromatic carbocycles. The van der Waals surface area contributed by atoms with Gasteiger partial charge in [0.1, 0.15) is 11.6 Å². The van der Waals surface area contributed by atoms with Gasteiger partial charge < -0.3 is 14.5 Å². The summed E-state index contributed by atoms with van der Waals surface area (Å²) >= 11 is 0. The minimum Gasteiger partial charge on any atom is -0.497 e. The van der Waals surface area contributed by atoms with Crippen LogP contribution >= 0.6 is 0 Å². The molecule has 4 rings (SSSR count). The van der Waals surface area contributed by atoms with Gasteiger partial charge in [-0.3, -0.25) is 9.78 Å². The Bertz CT molecular complexity index is 734. The molecule has 0 unspecified atom stereocenters. The van der Waals surface area contributed by atoms with E-state index in [4.69, 9.17) is 4.74 Å². The molecule has 1 spiro atoms. The molecule has 1 atom stereocenters. The number of rotatable bonds is 3. The molecule has 6 nitrogen and oxygen atoms in total. The average molecular weight is 324 g/mol. The summed E-state index contributed by atoms with van der Waals surface area (Å²) < 4.78 is 5.19. The van der Waals surface area contributed by atoms with Crippen molar-refractivity contribution in [3.8, 4) is 5.75 Å². The molecule has 0 saturated carbocycles. The third-order valence-electron chi connectivity index (χ3n) is 5.02. The maximum atomic E-state index is 12.6. The lowest BCUT2D eigenvalue weighted by atomic mass is 9.86. The van der Waals surface area contributed by atoms with Crippen molar-refractivity contribution in [3.63, 3.8) is 0 Å². The van der Waals surface area contributed by atoms with E-state index in [0.717, 1.165) is 43.3 Å². The molecule has 2 aromatic rings. The maximum Gasteiger partial charge on any atom is 0.227 e. The van der Waals surface area contributed by atoms with Gasteiger partial charge in [0.15, 0.2) is 0 Å². The van der Waals surface area contributed by atoms with E-state index >= 15 is 0 Å². The maximum absolute atomic E-state index is 12.6. The molecule has 124 valence electrons. The first-order chi connectivity index (χ1) is 11.7. The number of carbonyl (C=O) groups is 1. The Morgan fingerprint density at radius 1 is 1.17 bits per heavy atom. The topological polar surface area (TPSA) is 58.6 Å². The number of anilines is 2. The zero-order valence-corrected chi connectivity index (χ0v) is 13.7. The molecule has 0 bridgehead atoms. The lowest BCUT2D eigenvalue weighted by Crippen LogP contribution is -2.31. The van der Waals surface area contributed by atoms with Crippen LogP contribution in [0.15, 0.2) is 42.9 Å². The summed E-state index contributed by atoms with van der Waals surface area (Å²) in [5.41, 5.74) is 0.949. The fraction of sp³-hybridized carbons (Fsp3) is 0.389. The van der Waals surface area contributed by atoms with Gasteiger partial charge in [0, 0.05) is 49.6 Å². The molecule has 0 N–H and O–H groups in total. The highest BCUT2D eigenvalue weighted by Crippen LogP contribution is 2.42. The summed E-state index contributed by atoms with van der Waals surface area (Å²) in [5.74, 6) is 1.89. The van der Waals surface area contributed by atoms with Crippen LogP contribution in [0.25, 0.3) is 0 Å². The highest BCUT2D eigenvalue weighted by molar-refractivity contribution is 5.96. The van der Waals surface area contributed by atoms with Crippen molar-refractivity contribution in [2.75, 3.05) is 36.5 Å². The number of hydrogen-bond acceptors (Lipinski definition) is 5. The molecular formula is C18H20N4O2. The number of carbonyl (C=O) groups excluding carboxylic acids is 1. The molecule has 0 aliphatic carbocycles. The second kappa shape index (κ2) is 5.78. The van der Waals surface area contributed by atoms with Crippen LogP contribution in [-0.4, -0.2) is 42.6 Å². The zero-order valence-electron chi connectivity index (χ0n) is 13.7. The van der Waals surface area contributed by atoms with E-state index in [0.29, 0.717) is 6.42 Å². The lowest BCUT2D eigenvalue weighted by molar-refractivity contribution is -0.117. The molecule has 6 heteroatoms. The average Bonchev–Trinajstić information content (AvgIpc) is 3.19. The number of hydrogen-bond donors (Lipinski definition) is 0. The largest absolute Gasteiger partial charge is 0.497 e. The van der Waals surface area contributed by atoms with E-state index in [2.05, 4.69) is 14.9 Å². The number of nitrogens with zero attached hydrogens (tertiary/aromatic N) is 4. The van der Waals surface area contributed by atoms with Crippen molar-refractivity contribution in [2.24, 2.45) is 5.41 Å². The summed E-state index contributed by atoms with van der Waals surface area (Å²) in [4.78, 5) is 25.2. The fourth-order valence-corrected chi connectivity index (χ4v) is 3.75. The Balaban J connectivity index is 1.51. The number of methoxy groups -OCH3 is 1. The van der Waals surface area contributed by atoms with Crippen LogP contribution in [0.5, 0.6) is 5.75 Å². The third-order valence-corrected chi connectivity index (χ3v) is 5.02. The summed E-state index contributed by atoms with van der Waals surface area (Å²) in [6.45, 7) is 2.53. The molecule has 0 radical (unpaired) electrons. The second-order valence-corrected chi connectivity index (χ2v) is 6.59. The molecule has 1 aromatic heterocycles. The van der Waals surface area contributed by atoms with Gasteiger partial charge in [0.2, 0.25) is 5.91 Å². The van der Waals surface area contributed by atoms with Crippen molar-refractivity contribution in [2.45, 2.75) is 12.8 Å². The minimum atomic E-state index is 0.00846. The van der Waals surface area contributed by atoms with E-state index in [1.54, 1.807) is 25.7 Å². The van der Waals surface area contributed by atoms with Crippen LogP contribution in [0.3, 0.4) is 0 Å². The van der Waals surface area contributed by atoms with Crippen LogP contribution in [0.2, 0.25) is 0 Å². The van der Waals surface area contributed by atoms with Crippen LogP contribution in [0.1, 0.15) is 12.8 Å². The summed E-state index contributed by atoms with van der Waals surface area (Å²) in [7, 11) is 1.64. The fourth-order valence-electron chi connectivity index (χ4n) is 3.75. The number of benzene rings is 1. The first kappa shape index (κ1) is 14.9. The predicted molar refractivity (Wildman–Crippen MR) is 91.3 cm³/mol. The smallest absolute Gasteiger partial charge is 0.227 e. The predicted octanol–water partition coefficient (Wildman–Crippen LogP) is 2.12. The molecule has 2 aliphatic heterocycles. The lowest BCUT2D eigenvalue weighted by Gasteiger charge is -2.24. The number of aromatic nitrogens is 2. The van der Waals surface area contributed by atoms with Gasteiger partial charge in [-0.2, -0.15) is 0 Å². The van der Waals surface area contributed by atoms with E-state index in [9.17, 15) is 4.79 Å². The Hall–Kier alpha value is -2.63. The first-order valence-corrected chi connectivity index (χ1v) is 8.15.